The van der Waals surface area contributed by atoms with E-state index >= 15 is 0 Å². The molecule has 2 aromatic carbocycles. The van der Waals surface area contributed by atoms with Gasteiger partial charge in [-0.3, -0.25) is 4.98 Å². The molecule has 3 aromatic rings. The summed E-state index contributed by atoms with van der Waals surface area (Å²) in [6.07, 6.45) is 0. The minimum atomic E-state index is -3.78. The van der Waals surface area contributed by atoms with Crippen molar-refractivity contribution >= 4 is 21.1 Å². The number of sulfonamides is 1. The molecule has 8 nitrogen and oxygen atoms in total. The number of rotatable bonds is 4. The molecule has 1 aromatic heterocycles. The summed E-state index contributed by atoms with van der Waals surface area (Å²) in [6.45, 7) is 1.90. The lowest BCUT2D eigenvalue weighted by atomic mass is 10.2. The van der Waals surface area contributed by atoms with Crippen LogP contribution in [0.2, 0.25) is 0 Å². The Morgan fingerprint density at radius 2 is 1.96 bits per heavy atom. The summed E-state index contributed by atoms with van der Waals surface area (Å²) in [5.74, 6) is 0.594. The Balaban J connectivity index is 1.61. The highest BCUT2D eigenvalue weighted by molar-refractivity contribution is 7.89. The van der Waals surface area contributed by atoms with Gasteiger partial charge in [-0.1, -0.05) is 6.07 Å². The number of aromatic nitrogens is 1. The molecular weight excluding hydrogens is 348 g/mol. The van der Waals surface area contributed by atoms with Crippen molar-refractivity contribution in [1.82, 2.24) is 9.71 Å². The van der Waals surface area contributed by atoms with Gasteiger partial charge in [0, 0.05) is 12.6 Å². The Kier molecular flexibility index (Phi) is 3.55. The summed E-state index contributed by atoms with van der Waals surface area (Å²) in [4.78, 5) is 13.8. The molecule has 9 heteroatoms. The van der Waals surface area contributed by atoms with Crippen LogP contribution in [0.15, 0.2) is 44.4 Å². The average molecular weight is 362 g/mol. The van der Waals surface area contributed by atoms with Gasteiger partial charge in [-0.15, -0.1) is 0 Å². The Labute approximate surface area is 142 Å². The highest BCUT2D eigenvalue weighted by Gasteiger charge is 2.20. The summed E-state index contributed by atoms with van der Waals surface area (Å²) in [6, 6.07) is 8.13. The van der Waals surface area contributed by atoms with Crippen LogP contribution in [-0.2, 0) is 16.6 Å². The first-order valence-corrected chi connectivity index (χ1v) is 8.92. The molecule has 0 fully saturated rings. The van der Waals surface area contributed by atoms with Gasteiger partial charge >= 0.3 is 5.76 Å². The number of benzene rings is 2. The van der Waals surface area contributed by atoms with E-state index in [1.807, 2.05) is 0 Å². The van der Waals surface area contributed by atoms with Crippen LogP contribution in [0, 0.1) is 6.92 Å². The van der Waals surface area contributed by atoms with Crippen LogP contribution in [0.4, 0.5) is 0 Å². The second-order valence-electron chi connectivity index (χ2n) is 5.64. The Bertz CT molecular complexity index is 1130. The van der Waals surface area contributed by atoms with E-state index in [-0.39, 0.29) is 23.8 Å². The second kappa shape index (κ2) is 5.64. The largest absolute Gasteiger partial charge is 0.454 e. The topological polar surface area (TPSA) is 111 Å². The summed E-state index contributed by atoms with van der Waals surface area (Å²) in [7, 11) is -3.78. The van der Waals surface area contributed by atoms with Crippen LogP contribution in [0.3, 0.4) is 0 Å². The molecule has 0 saturated carbocycles. The highest BCUT2D eigenvalue weighted by Crippen LogP contribution is 2.32. The van der Waals surface area contributed by atoms with Crippen LogP contribution >= 0.6 is 0 Å². The number of hydrogen-bond donors (Lipinski definition) is 2. The number of ether oxygens (including phenoxy) is 2. The minimum Gasteiger partial charge on any atom is -0.454 e. The van der Waals surface area contributed by atoms with Crippen molar-refractivity contribution in [3.8, 4) is 11.5 Å². The average Bonchev–Trinajstić information content (AvgIpc) is 3.16. The van der Waals surface area contributed by atoms with E-state index in [0.717, 1.165) is 5.56 Å². The molecule has 2 heterocycles. The van der Waals surface area contributed by atoms with Crippen molar-refractivity contribution in [2.24, 2.45) is 0 Å². The Hall–Kier alpha value is -2.78. The number of H-pyrrole nitrogens is 1. The summed E-state index contributed by atoms with van der Waals surface area (Å²) < 4.78 is 43.2. The number of hydrogen-bond acceptors (Lipinski definition) is 6. The lowest BCUT2D eigenvalue weighted by molar-refractivity contribution is 0.174. The maximum atomic E-state index is 12.6. The van der Waals surface area contributed by atoms with Crippen molar-refractivity contribution in [3.63, 3.8) is 0 Å². The quantitative estimate of drug-likeness (QED) is 0.730. The lowest BCUT2D eigenvalue weighted by Crippen LogP contribution is -2.24. The lowest BCUT2D eigenvalue weighted by Gasteiger charge is -2.10. The van der Waals surface area contributed by atoms with Crippen molar-refractivity contribution in [2.75, 3.05) is 6.79 Å². The van der Waals surface area contributed by atoms with E-state index in [4.69, 9.17) is 13.9 Å². The van der Waals surface area contributed by atoms with Crippen molar-refractivity contribution < 1.29 is 22.3 Å². The molecule has 4 rings (SSSR count). The third-order valence-corrected chi connectivity index (χ3v) is 5.45. The molecule has 0 unspecified atom stereocenters. The third kappa shape index (κ3) is 2.87. The van der Waals surface area contributed by atoms with Gasteiger partial charge in [0.15, 0.2) is 17.1 Å². The van der Waals surface area contributed by atoms with E-state index in [1.165, 1.54) is 6.07 Å². The van der Waals surface area contributed by atoms with Gasteiger partial charge in [-0.25, -0.2) is 17.9 Å². The van der Waals surface area contributed by atoms with Crippen molar-refractivity contribution in [3.05, 3.63) is 52.0 Å². The highest BCUT2D eigenvalue weighted by atomic mass is 32.2. The maximum absolute atomic E-state index is 12.6. The maximum Gasteiger partial charge on any atom is 0.417 e. The van der Waals surface area contributed by atoms with Gasteiger partial charge in [0.25, 0.3) is 0 Å². The van der Waals surface area contributed by atoms with Gasteiger partial charge in [-0.05, 0) is 36.2 Å². The number of fused-ring (bicyclic) bond motifs is 2. The second-order valence-corrected chi connectivity index (χ2v) is 7.38. The first-order chi connectivity index (χ1) is 11.9. The molecule has 0 aliphatic carbocycles. The van der Waals surface area contributed by atoms with Crippen molar-refractivity contribution in [2.45, 2.75) is 18.4 Å². The van der Waals surface area contributed by atoms with Gasteiger partial charge in [0.2, 0.25) is 16.8 Å². The standard InChI is InChI=1S/C16H14N2O6S/c1-9-4-11-13(24-16(19)18-11)6-15(9)25(20,21)17-7-10-2-3-12-14(5-10)23-8-22-12/h2-6,17H,7-8H2,1H3,(H,18,19). The summed E-state index contributed by atoms with van der Waals surface area (Å²) in [5.41, 5.74) is 1.89. The molecule has 25 heavy (non-hydrogen) atoms. The molecule has 1 aliphatic heterocycles. The fraction of sp³-hybridized carbons (Fsp3) is 0.188. The number of aromatic amines is 1. The van der Waals surface area contributed by atoms with Crippen LogP contribution < -0.4 is 20.0 Å². The predicted octanol–water partition coefficient (Wildman–Crippen LogP) is 1.64. The minimum absolute atomic E-state index is 0.0588. The fourth-order valence-electron chi connectivity index (χ4n) is 2.68. The van der Waals surface area contributed by atoms with Crippen LogP contribution in [0.5, 0.6) is 11.5 Å². The zero-order chi connectivity index (χ0) is 17.6. The number of nitrogens with one attached hydrogen (secondary N) is 2. The SMILES string of the molecule is Cc1cc2[nH]c(=O)oc2cc1S(=O)(=O)NCc1ccc2c(c1)OCO2. The molecule has 130 valence electrons. The molecular formula is C16H14N2O6S. The summed E-state index contributed by atoms with van der Waals surface area (Å²) >= 11 is 0. The van der Waals surface area contributed by atoms with E-state index in [2.05, 4.69) is 9.71 Å². The van der Waals surface area contributed by atoms with Crippen LogP contribution in [0.25, 0.3) is 11.1 Å². The first kappa shape index (κ1) is 15.7. The molecule has 1 aliphatic rings. The third-order valence-electron chi connectivity index (χ3n) is 3.91. The predicted molar refractivity (Wildman–Crippen MR) is 88.2 cm³/mol. The summed E-state index contributed by atoms with van der Waals surface area (Å²) in [5, 5.41) is 0. The molecule has 2 N–H and O–H groups in total. The number of aryl methyl sites for hydroxylation is 1. The molecule has 0 amide bonds. The fourth-order valence-corrected chi connectivity index (χ4v) is 3.94. The van der Waals surface area contributed by atoms with Crippen LogP contribution in [-0.4, -0.2) is 20.2 Å². The molecule has 0 atom stereocenters. The normalized spacial score (nSPS) is 13.5. The molecule has 0 spiro atoms. The Morgan fingerprint density at radius 1 is 1.16 bits per heavy atom. The van der Waals surface area contributed by atoms with Gasteiger partial charge < -0.3 is 13.9 Å². The van der Waals surface area contributed by atoms with Gasteiger partial charge in [-0.2, -0.15) is 0 Å². The molecule has 0 radical (unpaired) electrons. The van der Waals surface area contributed by atoms with E-state index in [1.54, 1.807) is 31.2 Å². The zero-order valence-corrected chi connectivity index (χ0v) is 14.0. The smallest absolute Gasteiger partial charge is 0.417 e. The zero-order valence-electron chi connectivity index (χ0n) is 13.2. The van der Waals surface area contributed by atoms with Gasteiger partial charge in [0.1, 0.15) is 0 Å². The van der Waals surface area contributed by atoms with E-state index < -0.39 is 15.8 Å². The molecule has 0 bridgehead atoms. The van der Waals surface area contributed by atoms with Crippen LogP contribution in [0.1, 0.15) is 11.1 Å². The molecule has 0 saturated heterocycles. The first-order valence-electron chi connectivity index (χ1n) is 7.44. The van der Waals surface area contributed by atoms with Gasteiger partial charge in [0.05, 0.1) is 10.4 Å². The van der Waals surface area contributed by atoms with Crippen molar-refractivity contribution in [1.29, 1.82) is 0 Å². The Morgan fingerprint density at radius 3 is 2.80 bits per heavy atom. The monoisotopic (exact) mass is 362 g/mol. The van der Waals surface area contributed by atoms with E-state index in [9.17, 15) is 13.2 Å². The number of oxazole rings is 1. The van der Waals surface area contributed by atoms with E-state index in [0.29, 0.717) is 22.6 Å².